The molecule has 0 aliphatic carbocycles. The summed E-state index contributed by atoms with van der Waals surface area (Å²) in [5.74, 6) is 0.775. The Balaban J connectivity index is 2.51. The quantitative estimate of drug-likeness (QED) is 0.855. The summed E-state index contributed by atoms with van der Waals surface area (Å²) in [6.07, 6.45) is 0. The van der Waals surface area contributed by atoms with Gasteiger partial charge in [-0.25, -0.2) is 4.98 Å². The normalized spacial score (nSPS) is 12.3. The average Bonchev–Trinajstić information content (AvgIpc) is 2.82. The van der Waals surface area contributed by atoms with Gasteiger partial charge in [0.1, 0.15) is 5.01 Å². The van der Waals surface area contributed by atoms with Crippen LogP contribution < -0.4 is 0 Å². The van der Waals surface area contributed by atoms with Crippen LogP contribution in [-0.4, -0.2) is 39.2 Å². The number of nitrogens with one attached hydrogen (secondary N) is 2. The summed E-state index contributed by atoms with van der Waals surface area (Å²) >= 11 is 6.69. The van der Waals surface area contributed by atoms with Crippen LogP contribution in [0.1, 0.15) is 31.5 Å². The molecule has 0 aliphatic rings. The molecule has 19 heavy (non-hydrogen) atoms. The van der Waals surface area contributed by atoms with Gasteiger partial charge in [-0.2, -0.15) is 4.98 Å². The number of nitrogens with zero attached hydrogens (tertiary/aromatic N) is 3. The predicted octanol–water partition coefficient (Wildman–Crippen LogP) is 2.95. The zero-order valence-electron chi connectivity index (χ0n) is 11.9. The van der Waals surface area contributed by atoms with Gasteiger partial charge in [-0.05, 0) is 26.3 Å². The average molecular weight is 297 g/mol. The zero-order valence-corrected chi connectivity index (χ0v) is 13.5. The largest absolute Gasteiger partial charge is 0.303 e. The van der Waals surface area contributed by atoms with E-state index in [0.29, 0.717) is 4.77 Å². The van der Waals surface area contributed by atoms with Gasteiger partial charge in [-0.15, -0.1) is 11.3 Å². The minimum absolute atomic E-state index is 0.0230. The highest BCUT2D eigenvalue weighted by atomic mass is 32.1. The Morgan fingerprint density at radius 2 is 1.89 bits per heavy atom. The maximum atomic E-state index is 5.02. The van der Waals surface area contributed by atoms with Crippen LogP contribution in [0.25, 0.3) is 10.7 Å². The molecule has 0 saturated carbocycles. The van der Waals surface area contributed by atoms with E-state index in [4.69, 9.17) is 17.2 Å². The summed E-state index contributed by atoms with van der Waals surface area (Å²) in [4.78, 5) is 12.3. The molecule has 0 unspecified atom stereocenters. The number of rotatable bonds is 3. The fourth-order valence-electron chi connectivity index (χ4n) is 1.75. The summed E-state index contributed by atoms with van der Waals surface area (Å²) in [5, 5.41) is 6.95. The second-order valence-electron chi connectivity index (χ2n) is 5.79. The van der Waals surface area contributed by atoms with Crippen LogP contribution in [0, 0.1) is 4.77 Å². The molecule has 0 radical (unpaired) electrons. The summed E-state index contributed by atoms with van der Waals surface area (Å²) in [7, 11) is 4.08. The molecular weight excluding hydrogens is 278 g/mol. The molecule has 0 saturated heterocycles. The Kier molecular flexibility index (Phi) is 3.89. The van der Waals surface area contributed by atoms with Gasteiger partial charge in [0.15, 0.2) is 5.82 Å². The first kappa shape index (κ1) is 14.4. The molecule has 0 fully saturated rings. The van der Waals surface area contributed by atoms with Gasteiger partial charge in [0.25, 0.3) is 0 Å². The second-order valence-corrected chi connectivity index (χ2v) is 7.26. The lowest BCUT2D eigenvalue weighted by atomic mass is 9.91. The van der Waals surface area contributed by atoms with E-state index in [0.717, 1.165) is 27.9 Å². The molecule has 0 spiro atoms. The summed E-state index contributed by atoms with van der Waals surface area (Å²) in [5.41, 5.74) is 1.04. The van der Waals surface area contributed by atoms with Crippen LogP contribution in [0.15, 0.2) is 0 Å². The maximum Gasteiger partial charge on any atom is 0.213 e. The topological polar surface area (TPSA) is 60.6 Å². The number of H-pyrrole nitrogens is 2. The van der Waals surface area contributed by atoms with Gasteiger partial charge in [0.05, 0.1) is 10.6 Å². The summed E-state index contributed by atoms with van der Waals surface area (Å²) in [6, 6.07) is 0. The van der Waals surface area contributed by atoms with Gasteiger partial charge in [-0.3, -0.25) is 10.2 Å². The lowest BCUT2D eigenvalue weighted by Crippen LogP contribution is -2.14. The first-order valence-corrected chi connectivity index (χ1v) is 7.30. The van der Waals surface area contributed by atoms with Crippen LogP contribution in [-0.2, 0) is 12.0 Å². The third kappa shape index (κ3) is 3.29. The Labute approximate surface area is 122 Å². The number of hydrogen-bond donors (Lipinski definition) is 2. The molecular formula is C12H19N5S2. The van der Waals surface area contributed by atoms with E-state index in [2.05, 4.69) is 40.9 Å². The first-order chi connectivity index (χ1) is 8.77. The predicted molar refractivity (Wildman–Crippen MR) is 81.0 cm³/mol. The van der Waals surface area contributed by atoms with Crippen molar-refractivity contribution < 1.29 is 0 Å². The van der Waals surface area contributed by atoms with Crippen LogP contribution >= 0.6 is 23.6 Å². The Bertz CT molecular complexity index is 615. The third-order valence-electron chi connectivity index (χ3n) is 2.55. The Morgan fingerprint density at radius 1 is 1.21 bits per heavy atom. The summed E-state index contributed by atoms with van der Waals surface area (Å²) in [6.45, 7) is 7.31. The molecule has 7 heteroatoms. The van der Waals surface area contributed by atoms with E-state index in [1.165, 1.54) is 0 Å². The lowest BCUT2D eigenvalue weighted by molar-refractivity contribution is 0.400. The van der Waals surface area contributed by atoms with Gasteiger partial charge < -0.3 is 4.90 Å². The van der Waals surface area contributed by atoms with E-state index < -0.39 is 0 Å². The van der Waals surface area contributed by atoms with Crippen LogP contribution in [0.5, 0.6) is 0 Å². The standard InChI is InChI=1S/C12H19N5S2/c1-12(2,3)9-8(10-14-11(18)16-15-10)19-7(13-9)6-17(4)5/h6H2,1-5H3,(H2,14,15,16,18). The molecule has 5 nitrogen and oxygen atoms in total. The monoisotopic (exact) mass is 297 g/mol. The highest BCUT2D eigenvalue weighted by Crippen LogP contribution is 2.35. The molecule has 2 aromatic rings. The van der Waals surface area contributed by atoms with Gasteiger partial charge in [0, 0.05) is 12.0 Å². The number of aromatic nitrogens is 4. The van der Waals surface area contributed by atoms with E-state index in [-0.39, 0.29) is 5.41 Å². The fraction of sp³-hybridized carbons (Fsp3) is 0.583. The highest BCUT2D eigenvalue weighted by molar-refractivity contribution is 7.71. The van der Waals surface area contributed by atoms with Crippen molar-refractivity contribution in [3.63, 3.8) is 0 Å². The van der Waals surface area contributed by atoms with Gasteiger partial charge in [-0.1, -0.05) is 20.8 Å². The smallest absolute Gasteiger partial charge is 0.213 e. The number of thiazole rings is 1. The van der Waals surface area contributed by atoms with E-state index in [1.807, 2.05) is 14.1 Å². The van der Waals surface area contributed by atoms with Gasteiger partial charge >= 0.3 is 0 Å². The van der Waals surface area contributed by atoms with Crippen molar-refractivity contribution in [1.29, 1.82) is 0 Å². The van der Waals surface area contributed by atoms with Gasteiger partial charge in [0.2, 0.25) is 4.77 Å². The minimum Gasteiger partial charge on any atom is -0.303 e. The van der Waals surface area contributed by atoms with Crippen molar-refractivity contribution in [3.8, 4) is 10.7 Å². The number of hydrogen-bond acceptors (Lipinski definition) is 5. The molecule has 0 atom stereocenters. The highest BCUT2D eigenvalue weighted by Gasteiger charge is 2.25. The van der Waals surface area contributed by atoms with Crippen molar-refractivity contribution in [1.82, 2.24) is 25.1 Å². The molecule has 2 heterocycles. The Morgan fingerprint density at radius 3 is 2.37 bits per heavy atom. The van der Waals surface area contributed by atoms with Crippen LogP contribution in [0.3, 0.4) is 0 Å². The molecule has 0 bridgehead atoms. The molecule has 0 aromatic carbocycles. The van der Waals surface area contributed by atoms with E-state index >= 15 is 0 Å². The first-order valence-electron chi connectivity index (χ1n) is 6.07. The van der Waals surface area contributed by atoms with Crippen molar-refractivity contribution in [2.45, 2.75) is 32.7 Å². The van der Waals surface area contributed by atoms with Crippen LogP contribution in [0.4, 0.5) is 0 Å². The van der Waals surface area contributed by atoms with Crippen LogP contribution in [0.2, 0.25) is 0 Å². The fourth-order valence-corrected chi connectivity index (χ4v) is 3.23. The SMILES string of the molecule is CN(C)Cc1nc(C(C)(C)C)c(-c2nc(=S)[nH][nH]2)s1. The van der Waals surface area contributed by atoms with E-state index in [9.17, 15) is 0 Å². The molecule has 0 aliphatic heterocycles. The molecule has 104 valence electrons. The molecule has 2 rings (SSSR count). The second kappa shape index (κ2) is 5.15. The molecule has 2 N–H and O–H groups in total. The lowest BCUT2D eigenvalue weighted by Gasteiger charge is -2.16. The van der Waals surface area contributed by atoms with E-state index in [1.54, 1.807) is 11.3 Å². The third-order valence-corrected chi connectivity index (χ3v) is 3.79. The van der Waals surface area contributed by atoms with Crippen molar-refractivity contribution in [3.05, 3.63) is 15.5 Å². The summed E-state index contributed by atoms with van der Waals surface area (Å²) < 4.78 is 0.470. The molecule has 2 aromatic heterocycles. The zero-order chi connectivity index (χ0) is 14.2. The Hall–Kier alpha value is -1.05. The van der Waals surface area contributed by atoms with Crippen molar-refractivity contribution in [2.24, 2.45) is 0 Å². The van der Waals surface area contributed by atoms with Crippen molar-refractivity contribution in [2.75, 3.05) is 14.1 Å². The maximum absolute atomic E-state index is 5.02. The molecule has 0 amide bonds. The van der Waals surface area contributed by atoms with Crippen molar-refractivity contribution >= 4 is 23.6 Å². The minimum atomic E-state index is -0.0230. The number of aromatic amines is 2.